The van der Waals surface area contributed by atoms with E-state index in [9.17, 15) is 26.7 Å². The van der Waals surface area contributed by atoms with Gasteiger partial charge in [-0.1, -0.05) is 24.3 Å². The monoisotopic (exact) mass is 529 g/mol. The Hall–Kier alpha value is -1.79. The first-order valence-corrected chi connectivity index (χ1v) is 13.4. The molecule has 192 valence electrons. The van der Waals surface area contributed by atoms with Crippen molar-refractivity contribution in [3.8, 4) is 0 Å². The van der Waals surface area contributed by atoms with E-state index < -0.39 is 21.8 Å². The van der Waals surface area contributed by atoms with Gasteiger partial charge >= 0.3 is 6.18 Å². The van der Waals surface area contributed by atoms with E-state index in [1.165, 1.54) is 35.3 Å². The molecular formula is C24H30F3N3O3S2. The molecule has 0 aromatic heterocycles. The first-order valence-electron chi connectivity index (χ1n) is 11.6. The number of hydrogen-bond donors (Lipinski definition) is 3. The average Bonchev–Trinajstić information content (AvgIpc) is 3.63. The van der Waals surface area contributed by atoms with Gasteiger partial charge in [-0.15, -0.1) is 12.6 Å². The first-order chi connectivity index (χ1) is 16.4. The van der Waals surface area contributed by atoms with Gasteiger partial charge in [-0.25, -0.2) is 8.42 Å². The van der Waals surface area contributed by atoms with Gasteiger partial charge in [0.15, 0.2) is 5.60 Å². The molecule has 1 heterocycles. The zero-order chi connectivity index (χ0) is 25.4. The molecule has 1 aliphatic carbocycles. The number of thiol groups is 1. The number of benzene rings is 2. The molecule has 1 saturated heterocycles. The maximum Gasteiger partial charge on any atom is 0.421 e. The molecule has 2 aliphatic rings. The number of aliphatic hydroxyl groups is 1. The summed E-state index contributed by atoms with van der Waals surface area (Å²) in [6.45, 7) is 2.95. The molecule has 4 rings (SSSR count). The molecule has 1 unspecified atom stereocenters. The van der Waals surface area contributed by atoms with Crippen molar-refractivity contribution in [2.75, 3.05) is 37.6 Å². The van der Waals surface area contributed by atoms with Gasteiger partial charge in [0.2, 0.25) is 10.0 Å². The predicted octanol–water partition coefficient (Wildman–Crippen LogP) is 3.62. The van der Waals surface area contributed by atoms with Gasteiger partial charge in [0.05, 0.1) is 10.9 Å². The van der Waals surface area contributed by atoms with Crippen LogP contribution in [0.4, 0.5) is 18.9 Å². The van der Waals surface area contributed by atoms with Crippen LogP contribution in [0.15, 0.2) is 58.3 Å². The van der Waals surface area contributed by atoms with Crippen molar-refractivity contribution >= 4 is 28.3 Å². The minimum absolute atomic E-state index is 0.153. The zero-order valence-electron chi connectivity index (χ0n) is 19.4. The summed E-state index contributed by atoms with van der Waals surface area (Å²) in [7, 11) is -3.76. The second kappa shape index (κ2) is 9.93. The van der Waals surface area contributed by atoms with Crippen LogP contribution in [0.1, 0.15) is 25.3 Å². The molecule has 2 fully saturated rings. The number of rotatable bonds is 8. The summed E-state index contributed by atoms with van der Waals surface area (Å²) in [4.78, 5) is 2.55. The van der Waals surface area contributed by atoms with Crippen LogP contribution in [-0.2, 0) is 15.6 Å². The highest BCUT2D eigenvalue weighted by molar-refractivity contribution is 7.90. The van der Waals surface area contributed by atoms with Gasteiger partial charge in [-0.05, 0) is 62.1 Å². The lowest BCUT2D eigenvalue weighted by atomic mass is 9.95. The number of sulfonamides is 1. The summed E-state index contributed by atoms with van der Waals surface area (Å²) in [6.07, 6.45) is -2.44. The largest absolute Gasteiger partial charge is 0.421 e. The van der Waals surface area contributed by atoms with Crippen LogP contribution in [0.5, 0.6) is 0 Å². The Kier molecular flexibility index (Phi) is 7.46. The Morgan fingerprint density at radius 1 is 1.06 bits per heavy atom. The van der Waals surface area contributed by atoms with Crippen LogP contribution in [0.3, 0.4) is 0 Å². The molecule has 1 aliphatic heterocycles. The van der Waals surface area contributed by atoms with E-state index in [1.54, 1.807) is 30.3 Å². The van der Waals surface area contributed by atoms with E-state index in [0.29, 0.717) is 29.6 Å². The maximum absolute atomic E-state index is 13.3. The molecule has 35 heavy (non-hydrogen) atoms. The fourth-order valence-corrected chi connectivity index (χ4v) is 6.35. The van der Waals surface area contributed by atoms with E-state index >= 15 is 0 Å². The van der Waals surface area contributed by atoms with Crippen molar-refractivity contribution in [2.45, 2.75) is 47.4 Å². The SMILES string of the molecule is CC(O)(c1ccc(N2CCN(S(=O)(=O)c3ccccc3S)C[C@@H]2CNCC2CC2)cc1)C(F)(F)F. The number of nitrogens with one attached hydrogen (secondary N) is 1. The van der Waals surface area contributed by atoms with E-state index in [1.807, 2.05) is 4.90 Å². The molecule has 11 heteroatoms. The highest BCUT2D eigenvalue weighted by Gasteiger charge is 2.51. The second-order valence-corrected chi connectivity index (χ2v) is 11.8. The number of halogens is 3. The average molecular weight is 530 g/mol. The molecule has 2 atom stereocenters. The molecule has 0 radical (unpaired) electrons. The Labute approximate surface area is 209 Å². The minimum Gasteiger partial charge on any atom is -0.376 e. The smallest absolute Gasteiger partial charge is 0.376 e. The summed E-state index contributed by atoms with van der Waals surface area (Å²) < 4.78 is 67.8. The molecule has 2 N–H and O–H groups in total. The van der Waals surface area contributed by atoms with Crippen molar-refractivity contribution < 1.29 is 26.7 Å². The number of hydrogen-bond acceptors (Lipinski definition) is 6. The van der Waals surface area contributed by atoms with Gasteiger partial charge in [0, 0.05) is 36.8 Å². The van der Waals surface area contributed by atoms with Crippen LogP contribution in [0, 0.1) is 5.92 Å². The van der Waals surface area contributed by atoms with Crippen molar-refractivity contribution in [3.05, 3.63) is 54.1 Å². The number of piperazine rings is 1. The van der Waals surface area contributed by atoms with Gasteiger partial charge in [0.1, 0.15) is 0 Å². The van der Waals surface area contributed by atoms with Crippen molar-refractivity contribution in [2.24, 2.45) is 5.92 Å². The molecule has 2 aromatic carbocycles. The lowest BCUT2D eigenvalue weighted by molar-refractivity contribution is -0.258. The summed E-state index contributed by atoms with van der Waals surface area (Å²) in [5.41, 5.74) is -2.52. The zero-order valence-corrected chi connectivity index (χ0v) is 21.1. The predicted molar refractivity (Wildman–Crippen MR) is 131 cm³/mol. The molecule has 2 aromatic rings. The van der Waals surface area contributed by atoms with E-state index in [-0.39, 0.29) is 29.6 Å². The maximum atomic E-state index is 13.3. The molecular weight excluding hydrogens is 499 g/mol. The highest BCUT2D eigenvalue weighted by atomic mass is 32.2. The van der Waals surface area contributed by atoms with Crippen molar-refractivity contribution in [1.29, 1.82) is 0 Å². The second-order valence-electron chi connectivity index (χ2n) is 9.40. The topological polar surface area (TPSA) is 72.9 Å². The lowest BCUT2D eigenvalue weighted by Crippen LogP contribution is -2.58. The first kappa shape index (κ1) is 26.3. The van der Waals surface area contributed by atoms with Crippen molar-refractivity contribution in [1.82, 2.24) is 9.62 Å². The van der Waals surface area contributed by atoms with Crippen LogP contribution < -0.4 is 10.2 Å². The Morgan fingerprint density at radius 2 is 1.71 bits per heavy atom. The van der Waals surface area contributed by atoms with Crippen LogP contribution in [0.2, 0.25) is 0 Å². The summed E-state index contributed by atoms with van der Waals surface area (Å²) in [5, 5.41) is 13.4. The third-order valence-electron chi connectivity index (χ3n) is 6.75. The van der Waals surface area contributed by atoms with E-state index in [2.05, 4.69) is 17.9 Å². The third-order valence-corrected chi connectivity index (χ3v) is 9.22. The van der Waals surface area contributed by atoms with Crippen LogP contribution in [0.25, 0.3) is 0 Å². The standard InChI is InChI=1S/C24H30F3N3O3S2/c1-23(31,24(25,26)27)18-8-10-19(11-9-18)30-13-12-29(16-20(30)15-28-14-17-6-7-17)35(32,33)22-5-3-2-4-21(22)34/h2-5,8-11,17,20,28,31,34H,6-7,12-16H2,1H3/t20-,23?/m0/s1. The summed E-state index contributed by atoms with van der Waals surface area (Å²) >= 11 is 4.32. The Morgan fingerprint density at radius 3 is 2.31 bits per heavy atom. The molecule has 0 spiro atoms. The number of nitrogens with zero attached hydrogens (tertiary/aromatic N) is 2. The lowest BCUT2D eigenvalue weighted by Gasteiger charge is -2.42. The summed E-state index contributed by atoms with van der Waals surface area (Å²) in [6, 6.07) is 12.0. The van der Waals surface area contributed by atoms with Gasteiger partial charge in [-0.3, -0.25) is 0 Å². The molecule has 6 nitrogen and oxygen atoms in total. The Balaban J connectivity index is 1.56. The fraction of sp³-hybridized carbons (Fsp3) is 0.500. The number of anilines is 1. The molecule has 1 saturated carbocycles. The minimum atomic E-state index is -4.80. The Bertz CT molecular complexity index is 1140. The number of alkyl halides is 3. The van der Waals surface area contributed by atoms with E-state index in [0.717, 1.165) is 13.5 Å². The van der Waals surface area contributed by atoms with E-state index in [4.69, 9.17) is 0 Å². The van der Waals surface area contributed by atoms with Crippen LogP contribution >= 0.6 is 12.6 Å². The van der Waals surface area contributed by atoms with Crippen LogP contribution in [-0.4, -0.2) is 62.8 Å². The normalized spacial score (nSPS) is 21.7. The molecule has 0 amide bonds. The van der Waals surface area contributed by atoms with Gasteiger partial charge in [0.25, 0.3) is 0 Å². The van der Waals surface area contributed by atoms with Gasteiger partial charge < -0.3 is 15.3 Å². The quantitative estimate of drug-likeness (QED) is 0.456. The fourth-order valence-electron chi connectivity index (χ4n) is 4.29. The third kappa shape index (κ3) is 5.64. The van der Waals surface area contributed by atoms with Crippen molar-refractivity contribution in [3.63, 3.8) is 0 Å². The molecule has 0 bridgehead atoms. The van der Waals surface area contributed by atoms with Gasteiger partial charge in [-0.2, -0.15) is 17.5 Å². The summed E-state index contributed by atoms with van der Waals surface area (Å²) in [5.74, 6) is 0.645. The highest BCUT2D eigenvalue weighted by Crippen LogP contribution is 2.39.